The van der Waals surface area contributed by atoms with E-state index in [9.17, 15) is 33.5 Å². The molecule has 43 heavy (non-hydrogen) atoms. The molecule has 1 aromatic heterocycles. The topological polar surface area (TPSA) is 150 Å². The molecule has 0 aliphatic heterocycles. The highest BCUT2D eigenvalue weighted by atomic mass is 31.2. The fraction of sp³-hybridized carbons (Fsp3) is 0.233. The van der Waals surface area contributed by atoms with Gasteiger partial charge in [-0.05, 0) is 59.9 Å². The number of aliphatic hydroxyl groups is 1. The Balaban J connectivity index is 1.91. The third kappa shape index (κ3) is 8.23. The highest BCUT2D eigenvalue weighted by molar-refractivity contribution is 7.39. The number of carbonyl (C=O) groups excluding carboxylic acids is 1. The van der Waals surface area contributed by atoms with E-state index in [1.807, 2.05) is 66.9 Å². The predicted octanol–water partition coefficient (Wildman–Crippen LogP) is 6.39. The van der Waals surface area contributed by atoms with Gasteiger partial charge in [-0.3, -0.25) is 18.4 Å². The molecule has 3 aromatic carbocycles. The normalized spacial score (nSPS) is 13.7. The van der Waals surface area contributed by atoms with Crippen molar-refractivity contribution < 1.29 is 42.6 Å². The number of hydrogen-bond acceptors (Lipinski definition) is 7. The van der Waals surface area contributed by atoms with Crippen molar-refractivity contribution in [2.75, 3.05) is 5.32 Å². The zero-order valence-corrected chi connectivity index (χ0v) is 25.4. The first kappa shape index (κ1) is 32.7. The summed E-state index contributed by atoms with van der Waals surface area (Å²) < 4.78 is 36.6. The van der Waals surface area contributed by atoms with Crippen LogP contribution in [0.3, 0.4) is 0 Å². The van der Waals surface area contributed by atoms with Gasteiger partial charge in [0, 0.05) is 29.9 Å². The van der Waals surface area contributed by atoms with Crippen LogP contribution in [0, 0.1) is 5.82 Å². The molecule has 0 radical (unpaired) electrons. The standard InChI is InChI=1S/C30H33FN2O8P2/c1-20(2)27-26(29(34)32-24-12-7-4-8-13-24)25(21-10-5-3-6-11-21)28(22-14-16-23(31)17-15-22)33(27)19-9-18-30(35,40-42(36)37)41-43(38)39/h3-8,10-17,20,35-37,43H,9,18-19H2,1-2H3,(H,32,34)(H,38,39). The summed E-state index contributed by atoms with van der Waals surface area (Å²) in [5.74, 6) is -3.73. The molecule has 4 rings (SSSR count). The van der Waals surface area contributed by atoms with E-state index in [4.69, 9.17) is 0 Å². The number of aromatic nitrogens is 1. The molecule has 0 spiro atoms. The maximum atomic E-state index is 14.1. The van der Waals surface area contributed by atoms with E-state index in [2.05, 4.69) is 14.4 Å². The summed E-state index contributed by atoms with van der Waals surface area (Å²) in [5, 5.41) is 13.6. The summed E-state index contributed by atoms with van der Waals surface area (Å²) in [6, 6.07) is 24.2. The summed E-state index contributed by atoms with van der Waals surface area (Å²) >= 11 is 0. The lowest BCUT2D eigenvalue weighted by Gasteiger charge is -2.26. The average Bonchev–Trinajstić information content (AvgIpc) is 3.29. The SMILES string of the molecule is CC(C)c1c(C(=O)Nc2ccccc2)c(-c2ccccc2)c(-c2ccc(F)cc2)n1CCCC(O)(OP(O)O)O[PH](=O)O. The summed E-state index contributed by atoms with van der Waals surface area (Å²) in [7, 11) is -6.84. The zero-order valence-electron chi connectivity index (χ0n) is 23.5. The number of anilines is 1. The first-order chi connectivity index (χ1) is 20.5. The van der Waals surface area contributed by atoms with Crippen molar-refractivity contribution in [2.45, 2.75) is 45.1 Å². The van der Waals surface area contributed by atoms with Crippen LogP contribution >= 0.6 is 16.9 Å². The number of hydrogen-bond donors (Lipinski definition) is 5. The Bertz CT molecular complexity index is 1550. The molecule has 2 atom stereocenters. The van der Waals surface area contributed by atoms with Gasteiger partial charge in [0.05, 0.1) is 11.3 Å². The van der Waals surface area contributed by atoms with Crippen LogP contribution in [0.15, 0.2) is 84.9 Å². The number of nitrogens with zero attached hydrogens (tertiary/aromatic N) is 1. The first-order valence-corrected chi connectivity index (χ1v) is 15.9. The van der Waals surface area contributed by atoms with E-state index in [0.717, 1.165) is 5.56 Å². The van der Waals surface area contributed by atoms with Gasteiger partial charge < -0.3 is 29.7 Å². The number of benzene rings is 3. The van der Waals surface area contributed by atoms with E-state index in [1.165, 1.54) is 12.1 Å². The predicted molar refractivity (Wildman–Crippen MR) is 163 cm³/mol. The van der Waals surface area contributed by atoms with Crippen molar-refractivity contribution in [3.8, 4) is 22.4 Å². The quantitative estimate of drug-likeness (QED) is 0.0843. The minimum Gasteiger partial charge on any atom is -0.343 e. The van der Waals surface area contributed by atoms with Gasteiger partial charge in [0.1, 0.15) is 5.82 Å². The summed E-state index contributed by atoms with van der Waals surface area (Å²) in [4.78, 5) is 41.9. The Morgan fingerprint density at radius 2 is 1.60 bits per heavy atom. The lowest BCUT2D eigenvalue weighted by Crippen LogP contribution is -2.32. The van der Waals surface area contributed by atoms with Crippen molar-refractivity contribution >= 4 is 28.5 Å². The second-order valence-corrected chi connectivity index (χ2v) is 11.4. The number of para-hydroxylation sites is 1. The fourth-order valence-electron chi connectivity index (χ4n) is 5.05. The summed E-state index contributed by atoms with van der Waals surface area (Å²) in [6.07, 6.45) is -0.375. The largest absolute Gasteiger partial charge is 0.343 e. The van der Waals surface area contributed by atoms with Crippen molar-refractivity contribution in [3.05, 3.63) is 102 Å². The van der Waals surface area contributed by atoms with Crippen LogP contribution in [0.5, 0.6) is 0 Å². The molecule has 0 aliphatic carbocycles. The van der Waals surface area contributed by atoms with Crippen molar-refractivity contribution in [3.63, 3.8) is 0 Å². The Morgan fingerprint density at radius 3 is 2.16 bits per heavy atom. The van der Waals surface area contributed by atoms with Crippen LogP contribution in [0.1, 0.15) is 48.7 Å². The molecule has 1 amide bonds. The molecule has 1 heterocycles. The molecule has 0 saturated carbocycles. The molecular formula is C30H33FN2O8P2. The van der Waals surface area contributed by atoms with Gasteiger partial charge in [0.15, 0.2) is 0 Å². The molecule has 0 fully saturated rings. The van der Waals surface area contributed by atoms with Gasteiger partial charge in [0.25, 0.3) is 11.9 Å². The van der Waals surface area contributed by atoms with Gasteiger partial charge >= 0.3 is 16.9 Å². The Morgan fingerprint density at radius 1 is 1.00 bits per heavy atom. The monoisotopic (exact) mass is 630 g/mol. The Labute approximate surface area is 250 Å². The molecular weight excluding hydrogens is 597 g/mol. The molecule has 0 saturated heterocycles. The van der Waals surface area contributed by atoms with E-state index in [-0.39, 0.29) is 24.8 Å². The average molecular weight is 631 g/mol. The van der Waals surface area contributed by atoms with Crippen LogP contribution in [-0.2, 0) is 20.2 Å². The van der Waals surface area contributed by atoms with E-state index in [0.29, 0.717) is 33.8 Å². The lowest BCUT2D eigenvalue weighted by molar-refractivity contribution is -0.280. The molecule has 0 aliphatic rings. The fourth-order valence-corrected chi connectivity index (χ4v) is 5.92. The highest BCUT2D eigenvalue weighted by Gasteiger charge is 2.35. The third-order valence-electron chi connectivity index (χ3n) is 6.63. The molecule has 228 valence electrons. The van der Waals surface area contributed by atoms with Crippen LogP contribution < -0.4 is 5.32 Å². The first-order valence-electron chi connectivity index (χ1n) is 13.4. The van der Waals surface area contributed by atoms with Gasteiger partial charge in [-0.25, -0.2) is 4.39 Å². The zero-order chi connectivity index (χ0) is 31.1. The molecule has 0 bridgehead atoms. The number of rotatable bonds is 13. The molecule has 5 N–H and O–H groups in total. The van der Waals surface area contributed by atoms with Gasteiger partial charge in [0.2, 0.25) is 0 Å². The minimum atomic E-state index is -3.72. The Kier molecular flexibility index (Phi) is 11.0. The van der Waals surface area contributed by atoms with E-state index in [1.54, 1.807) is 24.3 Å². The lowest BCUT2D eigenvalue weighted by atomic mass is 9.94. The number of carbonyl (C=O) groups is 1. The molecule has 2 unspecified atom stereocenters. The summed E-state index contributed by atoms with van der Waals surface area (Å²) in [6.45, 7) is 3.99. The number of halogens is 1. The summed E-state index contributed by atoms with van der Waals surface area (Å²) in [5.41, 5.74) is 4.25. The van der Waals surface area contributed by atoms with Crippen molar-refractivity contribution in [1.29, 1.82) is 0 Å². The van der Waals surface area contributed by atoms with Gasteiger partial charge in [-0.2, -0.15) is 0 Å². The van der Waals surface area contributed by atoms with E-state index >= 15 is 0 Å². The molecule has 13 heteroatoms. The van der Waals surface area contributed by atoms with Crippen LogP contribution in [0.25, 0.3) is 22.4 Å². The molecule has 10 nitrogen and oxygen atoms in total. The van der Waals surface area contributed by atoms with Gasteiger partial charge in [-0.15, -0.1) is 0 Å². The second kappa shape index (κ2) is 14.5. The smallest absolute Gasteiger partial charge is 0.331 e. The Hall–Kier alpha value is -3.24. The number of amides is 1. The number of nitrogens with one attached hydrogen (secondary N) is 1. The second-order valence-electron chi connectivity index (χ2n) is 10.0. The molecule has 4 aromatic rings. The van der Waals surface area contributed by atoms with Crippen LogP contribution in [0.4, 0.5) is 10.1 Å². The highest BCUT2D eigenvalue weighted by Crippen LogP contribution is 2.44. The van der Waals surface area contributed by atoms with E-state index < -0.39 is 35.1 Å². The minimum absolute atomic E-state index is 0.0470. The maximum absolute atomic E-state index is 14.1. The van der Waals surface area contributed by atoms with Crippen molar-refractivity contribution in [2.24, 2.45) is 0 Å². The van der Waals surface area contributed by atoms with Crippen LogP contribution in [0.2, 0.25) is 0 Å². The van der Waals surface area contributed by atoms with Crippen LogP contribution in [-0.4, -0.2) is 36.2 Å². The third-order valence-corrected chi connectivity index (χ3v) is 7.58. The maximum Gasteiger partial charge on any atom is 0.331 e. The van der Waals surface area contributed by atoms with Crippen molar-refractivity contribution in [1.82, 2.24) is 4.57 Å². The van der Waals surface area contributed by atoms with Gasteiger partial charge in [-0.1, -0.05) is 62.4 Å².